The first kappa shape index (κ1) is 12.0. The maximum Gasteiger partial charge on any atom is 0.258 e. The molecule has 1 radical (unpaired) electrons. The average molecular weight is 250 g/mol. The normalized spacial score (nSPS) is 14.1. The SMILES string of the molecule is [CH2]c1cccc(C(=O)N2CCCc3ccccc32)c1. The first-order valence-electron chi connectivity index (χ1n) is 6.57. The molecule has 1 amide bonds. The van der Waals surface area contributed by atoms with Gasteiger partial charge in [0.2, 0.25) is 0 Å². The van der Waals surface area contributed by atoms with Crippen LogP contribution in [0.1, 0.15) is 27.9 Å². The molecular weight excluding hydrogens is 234 g/mol. The van der Waals surface area contributed by atoms with Crippen molar-refractivity contribution in [1.82, 2.24) is 0 Å². The Hall–Kier alpha value is -2.09. The number of aryl methyl sites for hydroxylation is 1. The molecule has 2 aromatic rings. The van der Waals surface area contributed by atoms with Crippen LogP contribution in [0.4, 0.5) is 5.69 Å². The van der Waals surface area contributed by atoms with E-state index < -0.39 is 0 Å². The van der Waals surface area contributed by atoms with Crippen molar-refractivity contribution >= 4 is 11.6 Å². The molecule has 0 fully saturated rings. The van der Waals surface area contributed by atoms with Gasteiger partial charge < -0.3 is 4.90 Å². The van der Waals surface area contributed by atoms with Gasteiger partial charge in [-0.2, -0.15) is 0 Å². The Morgan fingerprint density at radius 2 is 1.95 bits per heavy atom. The van der Waals surface area contributed by atoms with E-state index in [1.807, 2.05) is 47.4 Å². The summed E-state index contributed by atoms with van der Waals surface area (Å²) in [6.07, 6.45) is 2.07. The minimum Gasteiger partial charge on any atom is -0.308 e. The first-order chi connectivity index (χ1) is 9.25. The molecule has 0 spiro atoms. The Bertz CT molecular complexity index is 618. The molecule has 0 saturated heterocycles. The summed E-state index contributed by atoms with van der Waals surface area (Å²) < 4.78 is 0. The quantitative estimate of drug-likeness (QED) is 0.759. The summed E-state index contributed by atoms with van der Waals surface area (Å²) in [7, 11) is 0. The van der Waals surface area contributed by atoms with Gasteiger partial charge in [0.05, 0.1) is 0 Å². The van der Waals surface area contributed by atoms with E-state index in [9.17, 15) is 4.79 Å². The third-order valence-corrected chi connectivity index (χ3v) is 3.53. The van der Waals surface area contributed by atoms with Crippen LogP contribution in [0.15, 0.2) is 48.5 Å². The summed E-state index contributed by atoms with van der Waals surface area (Å²) in [6.45, 7) is 4.67. The summed E-state index contributed by atoms with van der Waals surface area (Å²) in [5.74, 6) is 0.0673. The smallest absolute Gasteiger partial charge is 0.258 e. The van der Waals surface area contributed by atoms with Crippen LogP contribution in [0.3, 0.4) is 0 Å². The van der Waals surface area contributed by atoms with Crippen molar-refractivity contribution in [2.24, 2.45) is 0 Å². The van der Waals surface area contributed by atoms with Gasteiger partial charge in [0, 0.05) is 17.8 Å². The Balaban J connectivity index is 1.98. The fourth-order valence-electron chi connectivity index (χ4n) is 2.60. The fourth-order valence-corrected chi connectivity index (χ4v) is 2.60. The van der Waals surface area contributed by atoms with E-state index in [-0.39, 0.29) is 5.91 Å². The van der Waals surface area contributed by atoms with Gasteiger partial charge in [0.25, 0.3) is 5.91 Å². The van der Waals surface area contributed by atoms with Crippen molar-refractivity contribution in [1.29, 1.82) is 0 Å². The zero-order valence-corrected chi connectivity index (χ0v) is 10.8. The molecule has 2 heteroatoms. The summed E-state index contributed by atoms with van der Waals surface area (Å²) in [4.78, 5) is 14.5. The maximum atomic E-state index is 12.6. The van der Waals surface area contributed by atoms with Gasteiger partial charge in [0.1, 0.15) is 0 Å². The van der Waals surface area contributed by atoms with E-state index >= 15 is 0 Å². The van der Waals surface area contributed by atoms with E-state index in [0.29, 0.717) is 5.56 Å². The molecule has 1 heterocycles. The van der Waals surface area contributed by atoms with Crippen molar-refractivity contribution in [2.45, 2.75) is 12.8 Å². The van der Waals surface area contributed by atoms with Crippen LogP contribution >= 0.6 is 0 Å². The van der Waals surface area contributed by atoms with Gasteiger partial charge in [-0.25, -0.2) is 0 Å². The molecule has 95 valence electrons. The van der Waals surface area contributed by atoms with E-state index in [4.69, 9.17) is 0 Å². The lowest BCUT2D eigenvalue weighted by Crippen LogP contribution is -2.35. The van der Waals surface area contributed by atoms with Crippen molar-refractivity contribution < 1.29 is 4.79 Å². The average Bonchev–Trinajstić information content (AvgIpc) is 2.46. The van der Waals surface area contributed by atoms with Crippen molar-refractivity contribution in [2.75, 3.05) is 11.4 Å². The van der Waals surface area contributed by atoms with Gasteiger partial charge in [0.15, 0.2) is 0 Å². The zero-order valence-electron chi connectivity index (χ0n) is 10.8. The molecule has 3 rings (SSSR count). The highest BCUT2D eigenvalue weighted by atomic mass is 16.2. The Morgan fingerprint density at radius 3 is 2.79 bits per heavy atom. The minimum absolute atomic E-state index is 0.0673. The monoisotopic (exact) mass is 250 g/mol. The Kier molecular flexibility index (Phi) is 3.08. The van der Waals surface area contributed by atoms with E-state index in [1.54, 1.807) is 0 Å². The highest BCUT2D eigenvalue weighted by Crippen LogP contribution is 2.28. The topological polar surface area (TPSA) is 20.3 Å². The molecular formula is C17H16NO. The second-order valence-corrected chi connectivity index (χ2v) is 4.89. The molecule has 1 aliphatic rings. The molecule has 19 heavy (non-hydrogen) atoms. The minimum atomic E-state index is 0.0673. The number of hydrogen-bond donors (Lipinski definition) is 0. The number of nitrogens with zero attached hydrogens (tertiary/aromatic N) is 1. The summed E-state index contributed by atoms with van der Waals surface area (Å²) in [5, 5.41) is 0. The molecule has 0 aliphatic carbocycles. The predicted molar refractivity (Wildman–Crippen MR) is 77.3 cm³/mol. The largest absolute Gasteiger partial charge is 0.308 e. The number of anilines is 1. The van der Waals surface area contributed by atoms with Crippen molar-refractivity contribution in [3.8, 4) is 0 Å². The molecule has 0 saturated carbocycles. The van der Waals surface area contributed by atoms with Crippen LogP contribution in [-0.4, -0.2) is 12.5 Å². The summed E-state index contributed by atoms with van der Waals surface area (Å²) in [5.41, 5.74) is 3.89. The molecule has 0 N–H and O–H groups in total. The second kappa shape index (κ2) is 4.88. The molecule has 2 nitrogen and oxygen atoms in total. The molecule has 0 atom stereocenters. The zero-order chi connectivity index (χ0) is 13.2. The van der Waals surface area contributed by atoms with Gasteiger partial charge in [-0.15, -0.1) is 0 Å². The number of hydrogen-bond acceptors (Lipinski definition) is 1. The number of carbonyl (C=O) groups is 1. The highest BCUT2D eigenvalue weighted by molar-refractivity contribution is 6.06. The van der Waals surface area contributed by atoms with Crippen LogP contribution in [0.5, 0.6) is 0 Å². The number of fused-ring (bicyclic) bond motifs is 1. The number of para-hydroxylation sites is 1. The third-order valence-electron chi connectivity index (χ3n) is 3.53. The van der Waals surface area contributed by atoms with Crippen LogP contribution in [-0.2, 0) is 6.42 Å². The molecule has 2 aromatic carbocycles. The summed E-state index contributed by atoms with van der Waals surface area (Å²) in [6, 6.07) is 15.6. The van der Waals surface area contributed by atoms with Gasteiger partial charge in [-0.3, -0.25) is 4.79 Å². The van der Waals surface area contributed by atoms with Gasteiger partial charge >= 0.3 is 0 Å². The lowest BCUT2D eigenvalue weighted by Gasteiger charge is -2.29. The van der Waals surface area contributed by atoms with Crippen LogP contribution in [0.25, 0.3) is 0 Å². The highest BCUT2D eigenvalue weighted by Gasteiger charge is 2.22. The molecule has 1 aliphatic heterocycles. The number of carbonyl (C=O) groups excluding carboxylic acids is 1. The van der Waals surface area contributed by atoms with Crippen LogP contribution < -0.4 is 4.90 Å². The van der Waals surface area contributed by atoms with E-state index in [1.165, 1.54) is 5.56 Å². The lowest BCUT2D eigenvalue weighted by atomic mass is 10.0. The first-order valence-corrected chi connectivity index (χ1v) is 6.57. The lowest BCUT2D eigenvalue weighted by molar-refractivity contribution is 0.0985. The second-order valence-electron chi connectivity index (χ2n) is 4.89. The van der Waals surface area contributed by atoms with Crippen molar-refractivity contribution in [3.05, 3.63) is 72.1 Å². The predicted octanol–water partition coefficient (Wildman–Crippen LogP) is 3.46. The molecule has 0 bridgehead atoms. The van der Waals surface area contributed by atoms with Crippen LogP contribution in [0, 0.1) is 6.92 Å². The summed E-state index contributed by atoms with van der Waals surface area (Å²) >= 11 is 0. The standard InChI is InChI=1S/C17H16NO/c1-13-6-4-8-15(12-13)17(19)18-11-5-9-14-7-2-3-10-16(14)18/h2-4,6-8,10,12H,1,5,9,11H2. The fraction of sp³-hybridized carbons (Fsp3) is 0.176. The number of rotatable bonds is 1. The number of amides is 1. The van der Waals surface area contributed by atoms with E-state index in [0.717, 1.165) is 30.6 Å². The molecule has 0 unspecified atom stereocenters. The number of benzene rings is 2. The van der Waals surface area contributed by atoms with E-state index in [2.05, 4.69) is 13.0 Å². The Labute approximate surface area is 113 Å². The van der Waals surface area contributed by atoms with Gasteiger partial charge in [-0.1, -0.05) is 30.3 Å². The van der Waals surface area contributed by atoms with Crippen LogP contribution in [0.2, 0.25) is 0 Å². The Morgan fingerprint density at radius 1 is 1.11 bits per heavy atom. The van der Waals surface area contributed by atoms with Crippen molar-refractivity contribution in [3.63, 3.8) is 0 Å². The maximum absolute atomic E-state index is 12.6. The van der Waals surface area contributed by atoms with Gasteiger partial charge in [-0.05, 0) is 49.1 Å². The molecule has 0 aromatic heterocycles. The third kappa shape index (κ3) is 2.26.